The van der Waals surface area contributed by atoms with Crippen LogP contribution in [0.5, 0.6) is 11.5 Å². The summed E-state index contributed by atoms with van der Waals surface area (Å²) in [6.07, 6.45) is -5.04. The molecule has 1 aromatic carbocycles. The number of rotatable bonds is 6. The molecule has 0 amide bonds. The van der Waals surface area contributed by atoms with Gasteiger partial charge in [0.1, 0.15) is 24.4 Å². The van der Waals surface area contributed by atoms with E-state index >= 15 is 0 Å². The van der Waals surface area contributed by atoms with Gasteiger partial charge in [-0.15, -0.1) is 0 Å². The first-order chi connectivity index (χ1) is 11.9. The van der Waals surface area contributed by atoms with Crippen LogP contribution >= 0.6 is 0 Å². The highest BCUT2D eigenvalue weighted by molar-refractivity contribution is 5.55. The quantitative estimate of drug-likeness (QED) is 0.376. The summed E-state index contributed by atoms with van der Waals surface area (Å²) in [4.78, 5) is 9.76. The molecule has 5 atom stereocenters. The first-order valence-corrected chi connectivity index (χ1v) is 7.34. The van der Waals surface area contributed by atoms with Crippen LogP contribution in [0.3, 0.4) is 0 Å². The van der Waals surface area contributed by atoms with E-state index in [1.807, 2.05) is 0 Å². The molecule has 0 aliphatic carbocycles. The number of methoxy groups -OCH3 is 1. The summed E-state index contributed by atoms with van der Waals surface area (Å²) in [7, 11) is 1.36. The smallest absolute Gasteiger partial charge is 0.235 e. The largest absolute Gasteiger partial charge is 0.493 e. The molecule has 10 heteroatoms. The minimum Gasteiger partial charge on any atom is -0.493 e. The van der Waals surface area contributed by atoms with Crippen LogP contribution in [-0.2, 0) is 4.74 Å². The maximum absolute atomic E-state index is 10.4. The van der Waals surface area contributed by atoms with E-state index in [1.165, 1.54) is 31.4 Å². The Bertz CT molecular complexity index is 633. The monoisotopic (exact) mass is 357 g/mol. The summed E-state index contributed by atoms with van der Waals surface area (Å²) in [6.45, 7) is -0.577. The zero-order valence-electron chi connectivity index (χ0n) is 13.3. The van der Waals surface area contributed by atoms with Crippen LogP contribution in [0.2, 0.25) is 0 Å². The van der Waals surface area contributed by atoms with Gasteiger partial charge in [0, 0.05) is 6.08 Å². The maximum Gasteiger partial charge on any atom is 0.235 e. The fourth-order valence-corrected chi connectivity index (χ4v) is 2.32. The van der Waals surface area contributed by atoms with Crippen molar-refractivity contribution in [3.05, 3.63) is 40.1 Å². The van der Waals surface area contributed by atoms with Gasteiger partial charge in [0.05, 0.1) is 18.6 Å². The molecule has 1 aliphatic rings. The molecule has 0 radical (unpaired) electrons. The molecule has 4 N–H and O–H groups in total. The Morgan fingerprint density at radius 1 is 1.24 bits per heavy atom. The summed E-state index contributed by atoms with van der Waals surface area (Å²) in [5.74, 6) is 0.354. The van der Waals surface area contributed by atoms with Gasteiger partial charge in [-0.3, -0.25) is 10.1 Å². The molecular weight excluding hydrogens is 338 g/mol. The van der Waals surface area contributed by atoms with Gasteiger partial charge in [0.15, 0.2) is 11.5 Å². The second kappa shape index (κ2) is 8.23. The predicted octanol–water partition coefficient (Wildman–Crippen LogP) is -0.879. The van der Waals surface area contributed by atoms with Crippen molar-refractivity contribution < 1.29 is 39.6 Å². The number of ether oxygens (including phenoxy) is 3. The SMILES string of the molecule is COc1cc(/C=C/[N+](=O)[O-])ccc1O[C@@H]1O[C@H](CO)[C@@H](O)[C@H](O)[C@H]1O. The molecule has 1 saturated heterocycles. The van der Waals surface area contributed by atoms with Crippen LogP contribution in [0, 0.1) is 10.1 Å². The summed E-state index contributed by atoms with van der Waals surface area (Å²) in [5.41, 5.74) is 0.481. The molecule has 1 fully saturated rings. The summed E-state index contributed by atoms with van der Waals surface area (Å²) in [6, 6.07) is 4.43. The predicted molar refractivity (Wildman–Crippen MR) is 83.4 cm³/mol. The third kappa shape index (κ3) is 4.44. The van der Waals surface area contributed by atoms with Gasteiger partial charge in [-0.1, -0.05) is 6.07 Å². The van der Waals surface area contributed by atoms with Crippen molar-refractivity contribution in [2.45, 2.75) is 30.7 Å². The lowest BCUT2D eigenvalue weighted by atomic mass is 9.99. The fourth-order valence-electron chi connectivity index (χ4n) is 2.32. The first kappa shape index (κ1) is 19.1. The highest BCUT2D eigenvalue weighted by Gasteiger charge is 2.44. The fraction of sp³-hybridized carbons (Fsp3) is 0.467. The van der Waals surface area contributed by atoms with Gasteiger partial charge in [0.25, 0.3) is 0 Å². The molecule has 0 saturated carbocycles. The zero-order chi connectivity index (χ0) is 18.6. The number of aliphatic hydroxyl groups excluding tert-OH is 4. The van der Waals surface area contributed by atoms with Crippen LogP contribution in [0.4, 0.5) is 0 Å². The molecule has 0 bridgehead atoms. The lowest BCUT2D eigenvalue weighted by Gasteiger charge is -2.39. The highest BCUT2D eigenvalue weighted by Crippen LogP contribution is 2.32. The average molecular weight is 357 g/mol. The third-order valence-electron chi connectivity index (χ3n) is 3.67. The van der Waals surface area contributed by atoms with Crippen molar-refractivity contribution in [2.24, 2.45) is 0 Å². The third-order valence-corrected chi connectivity index (χ3v) is 3.67. The van der Waals surface area contributed by atoms with Crippen molar-refractivity contribution in [2.75, 3.05) is 13.7 Å². The van der Waals surface area contributed by atoms with E-state index in [-0.39, 0.29) is 11.5 Å². The Labute approximate surface area is 142 Å². The molecular formula is C15H19NO9. The van der Waals surface area contributed by atoms with Gasteiger partial charge < -0.3 is 34.6 Å². The molecule has 138 valence electrons. The molecule has 2 rings (SSSR count). The molecule has 1 aromatic rings. The van der Waals surface area contributed by atoms with Crippen molar-refractivity contribution in [1.82, 2.24) is 0 Å². The minimum atomic E-state index is -1.57. The molecule has 25 heavy (non-hydrogen) atoms. The van der Waals surface area contributed by atoms with Crippen molar-refractivity contribution in [3.63, 3.8) is 0 Å². The highest BCUT2D eigenvalue weighted by atomic mass is 16.7. The lowest BCUT2D eigenvalue weighted by Crippen LogP contribution is -2.60. The Hall–Kier alpha value is -2.24. The van der Waals surface area contributed by atoms with Gasteiger partial charge in [0.2, 0.25) is 12.5 Å². The van der Waals surface area contributed by atoms with E-state index in [4.69, 9.17) is 19.3 Å². The normalized spacial score (nSPS) is 29.6. The average Bonchev–Trinajstić information content (AvgIpc) is 2.60. The number of benzene rings is 1. The molecule has 10 nitrogen and oxygen atoms in total. The molecule has 0 spiro atoms. The summed E-state index contributed by atoms with van der Waals surface area (Å²) < 4.78 is 15.9. The zero-order valence-corrected chi connectivity index (χ0v) is 13.3. The molecule has 0 unspecified atom stereocenters. The Kier molecular flexibility index (Phi) is 6.28. The Balaban J connectivity index is 2.19. The van der Waals surface area contributed by atoms with E-state index in [9.17, 15) is 25.4 Å². The van der Waals surface area contributed by atoms with E-state index in [0.29, 0.717) is 5.56 Å². The van der Waals surface area contributed by atoms with E-state index in [2.05, 4.69) is 0 Å². The van der Waals surface area contributed by atoms with Crippen LogP contribution in [-0.4, -0.2) is 69.8 Å². The number of nitro groups is 1. The molecule has 0 aromatic heterocycles. The van der Waals surface area contributed by atoms with Crippen LogP contribution in [0.25, 0.3) is 6.08 Å². The number of hydrogen-bond acceptors (Lipinski definition) is 9. The maximum atomic E-state index is 10.4. The van der Waals surface area contributed by atoms with Gasteiger partial charge in [-0.05, 0) is 17.7 Å². The number of hydrogen-bond donors (Lipinski definition) is 4. The van der Waals surface area contributed by atoms with Crippen LogP contribution in [0.15, 0.2) is 24.4 Å². The topological polar surface area (TPSA) is 152 Å². The molecule has 1 heterocycles. The van der Waals surface area contributed by atoms with Crippen LogP contribution < -0.4 is 9.47 Å². The number of nitrogens with zero attached hydrogens (tertiary/aromatic N) is 1. The molecule has 1 aliphatic heterocycles. The second-order valence-electron chi connectivity index (χ2n) is 5.33. The van der Waals surface area contributed by atoms with Crippen molar-refractivity contribution in [1.29, 1.82) is 0 Å². The van der Waals surface area contributed by atoms with Crippen molar-refractivity contribution in [3.8, 4) is 11.5 Å². The lowest BCUT2D eigenvalue weighted by molar-refractivity contribution is -0.400. The first-order valence-electron chi connectivity index (χ1n) is 7.34. The minimum absolute atomic E-state index is 0.144. The van der Waals surface area contributed by atoms with E-state index in [1.54, 1.807) is 0 Å². The standard InChI is InChI=1S/C15H19NO9/c1-23-10-6-8(4-5-16(21)22)2-3-9(10)24-15-14(20)13(19)12(18)11(7-17)25-15/h2-6,11-15,17-20H,7H2,1H3/b5-4+/t11-,12-,13+,14-,15-/m1/s1. The Morgan fingerprint density at radius 2 is 1.96 bits per heavy atom. The summed E-state index contributed by atoms with van der Waals surface area (Å²) in [5, 5.41) is 49.0. The van der Waals surface area contributed by atoms with Gasteiger partial charge in [-0.2, -0.15) is 0 Å². The van der Waals surface area contributed by atoms with Gasteiger partial charge in [-0.25, -0.2) is 0 Å². The van der Waals surface area contributed by atoms with Crippen LogP contribution in [0.1, 0.15) is 5.56 Å². The van der Waals surface area contributed by atoms with E-state index in [0.717, 1.165) is 6.20 Å². The second-order valence-corrected chi connectivity index (χ2v) is 5.33. The van der Waals surface area contributed by atoms with Crippen molar-refractivity contribution >= 4 is 6.08 Å². The Morgan fingerprint density at radius 3 is 2.56 bits per heavy atom. The van der Waals surface area contributed by atoms with Gasteiger partial charge >= 0.3 is 0 Å². The number of aliphatic hydroxyl groups is 4. The summed E-state index contributed by atoms with van der Waals surface area (Å²) >= 11 is 0. The van der Waals surface area contributed by atoms with E-state index < -0.39 is 42.2 Å².